The Morgan fingerprint density at radius 3 is 2.44 bits per heavy atom. The van der Waals surface area contributed by atoms with Crippen molar-refractivity contribution in [3.05, 3.63) is 89.0 Å². The molecule has 2 N–H and O–H groups in total. The summed E-state index contributed by atoms with van der Waals surface area (Å²) in [7, 11) is 4.87. The maximum absolute atomic E-state index is 13.7. The highest BCUT2D eigenvalue weighted by molar-refractivity contribution is 5.97. The second-order valence-electron chi connectivity index (χ2n) is 10.5. The van der Waals surface area contributed by atoms with Crippen molar-refractivity contribution < 1.29 is 38.5 Å². The van der Waals surface area contributed by atoms with Gasteiger partial charge in [-0.2, -0.15) is 0 Å². The summed E-state index contributed by atoms with van der Waals surface area (Å²) in [6, 6.07) is 15.1. The van der Waals surface area contributed by atoms with E-state index in [0.29, 0.717) is 11.1 Å². The number of benzene rings is 2. The largest absolute Gasteiger partial charge is 0.456 e. The Hall–Kier alpha value is -4.32. The zero-order valence-corrected chi connectivity index (χ0v) is 24.5. The Balaban J connectivity index is 1.47. The third-order valence-corrected chi connectivity index (χ3v) is 7.31. The summed E-state index contributed by atoms with van der Waals surface area (Å²) in [6.45, 7) is -0.174. The molecule has 4 atom stereocenters. The van der Waals surface area contributed by atoms with Crippen molar-refractivity contribution in [3.8, 4) is 0 Å². The lowest BCUT2D eigenvalue weighted by atomic mass is 9.90. The van der Waals surface area contributed by atoms with E-state index >= 15 is 0 Å². The van der Waals surface area contributed by atoms with Crippen LogP contribution in [-0.2, 0) is 35.0 Å². The van der Waals surface area contributed by atoms with Crippen LogP contribution >= 0.6 is 0 Å². The van der Waals surface area contributed by atoms with Crippen LogP contribution in [0.1, 0.15) is 27.9 Å². The second kappa shape index (κ2) is 14.7. The van der Waals surface area contributed by atoms with Crippen molar-refractivity contribution in [2.24, 2.45) is 0 Å². The van der Waals surface area contributed by atoms with Crippen LogP contribution < -0.4 is 5.32 Å². The molecular weight excluding hydrogens is 554 g/mol. The number of fused-ring (bicyclic) bond motifs is 1. The van der Waals surface area contributed by atoms with E-state index in [1.165, 1.54) is 15.9 Å². The normalized spacial score (nSPS) is 20.1. The van der Waals surface area contributed by atoms with E-state index in [-0.39, 0.29) is 38.7 Å². The van der Waals surface area contributed by atoms with Gasteiger partial charge in [0.15, 0.2) is 0 Å². The number of hydrogen-bond donors (Lipinski definition) is 2. The number of rotatable bonds is 11. The van der Waals surface area contributed by atoms with Crippen molar-refractivity contribution >= 4 is 29.8 Å². The first kappa shape index (κ1) is 31.6. The number of nitrogens with one attached hydrogen (secondary N) is 1. The maximum Gasteiger partial charge on any atom is 0.338 e. The molecule has 0 bridgehead atoms. The fourth-order valence-electron chi connectivity index (χ4n) is 4.87. The quantitative estimate of drug-likeness (QED) is 0.297. The van der Waals surface area contributed by atoms with Gasteiger partial charge in [0.25, 0.3) is 0 Å². The number of amides is 3. The second-order valence-corrected chi connectivity index (χ2v) is 10.5. The van der Waals surface area contributed by atoms with Crippen molar-refractivity contribution in [3.63, 3.8) is 0 Å². The minimum absolute atomic E-state index is 0.00983. The number of ether oxygens (including phenoxy) is 3. The molecule has 1 heterocycles. The van der Waals surface area contributed by atoms with Gasteiger partial charge in [-0.1, -0.05) is 42.5 Å². The molecule has 11 heteroatoms. The SMILES string of the molecule is CN(C)C(=O)C=Cc1ccc(C(=O)OC2CC(C(=O)N(C)C(Cc3ccccc3)C(=O)NCCO)=CC3OCOC32)cc1. The lowest BCUT2D eigenvalue weighted by Crippen LogP contribution is -2.51. The van der Waals surface area contributed by atoms with Crippen LogP contribution in [0.2, 0.25) is 0 Å². The van der Waals surface area contributed by atoms with Crippen molar-refractivity contribution in [1.29, 1.82) is 0 Å². The van der Waals surface area contributed by atoms with Gasteiger partial charge in [0.05, 0.1) is 12.2 Å². The van der Waals surface area contributed by atoms with Gasteiger partial charge in [-0.05, 0) is 35.4 Å². The summed E-state index contributed by atoms with van der Waals surface area (Å²) in [6.07, 6.45) is 3.12. The van der Waals surface area contributed by atoms with Crippen LogP contribution in [0.15, 0.2) is 72.3 Å². The molecule has 0 saturated carbocycles. The first-order valence-corrected chi connectivity index (χ1v) is 14.0. The molecule has 0 spiro atoms. The van der Waals surface area contributed by atoms with E-state index in [2.05, 4.69) is 5.32 Å². The summed E-state index contributed by atoms with van der Waals surface area (Å²) in [5.41, 5.74) is 2.25. The molecule has 2 aromatic rings. The lowest BCUT2D eigenvalue weighted by Gasteiger charge is -2.33. The molecule has 43 heavy (non-hydrogen) atoms. The van der Waals surface area contributed by atoms with Gasteiger partial charge in [0.2, 0.25) is 17.7 Å². The van der Waals surface area contributed by atoms with Gasteiger partial charge in [0, 0.05) is 52.2 Å². The molecular formula is C32H37N3O8. The van der Waals surface area contributed by atoms with E-state index in [1.807, 2.05) is 30.3 Å². The van der Waals surface area contributed by atoms with Crippen LogP contribution in [0.3, 0.4) is 0 Å². The van der Waals surface area contributed by atoms with Gasteiger partial charge in [-0.3, -0.25) is 14.4 Å². The van der Waals surface area contributed by atoms with E-state index in [0.717, 1.165) is 11.1 Å². The Bertz CT molecular complexity index is 1360. The fourth-order valence-corrected chi connectivity index (χ4v) is 4.87. The highest BCUT2D eigenvalue weighted by Crippen LogP contribution is 2.32. The molecule has 0 radical (unpaired) electrons. The van der Waals surface area contributed by atoms with Gasteiger partial charge in [0.1, 0.15) is 31.1 Å². The van der Waals surface area contributed by atoms with E-state index in [9.17, 15) is 24.3 Å². The number of carbonyl (C=O) groups is 4. The number of likely N-dealkylation sites (N-methyl/N-ethyl adjacent to an activating group) is 2. The van der Waals surface area contributed by atoms with E-state index in [1.54, 1.807) is 57.6 Å². The lowest BCUT2D eigenvalue weighted by molar-refractivity contribution is -0.137. The molecule has 1 aliphatic heterocycles. The topological polar surface area (TPSA) is 135 Å². The minimum Gasteiger partial charge on any atom is -0.456 e. The highest BCUT2D eigenvalue weighted by Gasteiger charge is 2.43. The third-order valence-electron chi connectivity index (χ3n) is 7.31. The third kappa shape index (κ3) is 8.16. The molecule has 4 unspecified atom stereocenters. The summed E-state index contributed by atoms with van der Waals surface area (Å²) in [4.78, 5) is 54.5. The zero-order chi connectivity index (χ0) is 30.9. The van der Waals surface area contributed by atoms with Crippen molar-refractivity contribution in [2.45, 2.75) is 37.2 Å². The summed E-state index contributed by atoms with van der Waals surface area (Å²) < 4.78 is 17.2. The molecule has 3 amide bonds. The fraction of sp³-hybridized carbons (Fsp3) is 0.375. The molecule has 2 aliphatic rings. The van der Waals surface area contributed by atoms with Gasteiger partial charge >= 0.3 is 5.97 Å². The summed E-state index contributed by atoms with van der Waals surface area (Å²) >= 11 is 0. The Kier molecular flexibility index (Phi) is 10.8. The number of aliphatic hydroxyl groups excluding tert-OH is 1. The maximum atomic E-state index is 13.7. The molecule has 4 rings (SSSR count). The number of aliphatic hydroxyl groups is 1. The van der Waals surface area contributed by atoms with Gasteiger partial charge in [-0.25, -0.2) is 4.79 Å². The predicted molar refractivity (Wildman–Crippen MR) is 157 cm³/mol. The van der Waals surface area contributed by atoms with E-state index < -0.39 is 42.1 Å². The van der Waals surface area contributed by atoms with E-state index in [4.69, 9.17) is 14.2 Å². The number of hydrogen-bond acceptors (Lipinski definition) is 8. The van der Waals surface area contributed by atoms with Gasteiger partial charge < -0.3 is 34.4 Å². The molecule has 0 aromatic heterocycles. The van der Waals surface area contributed by atoms with Crippen LogP contribution in [-0.4, -0.2) is 104 Å². The summed E-state index contributed by atoms with van der Waals surface area (Å²) in [5, 5.41) is 11.9. The Labute approximate surface area is 250 Å². The molecule has 1 aliphatic carbocycles. The average Bonchev–Trinajstić information content (AvgIpc) is 3.50. The molecule has 11 nitrogen and oxygen atoms in total. The molecule has 228 valence electrons. The number of carbonyl (C=O) groups excluding carboxylic acids is 4. The highest BCUT2D eigenvalue weighted by atomic mass is 16.7. The minimum atomic E-state index is -0.845. The monoisotopic (exact) mass is 591 g/mol. The average molecular weight is 592 g/mol. The number of esters is 1. The molecule has 2 aromatic carbocycles. The standard InChI is InChI=1S/C32H37N3O8/c1-34(2)28(37)14-11-21-9-12-23(13-10-21)32(40)43-27-19-24(18-26-29(27)42-20-41-26)31(39)35(3)25(30(38)33-15-16-36)17-22-7-5-4-6-8-22/h4-14,18,25-27,29,36H,15-17,19-20H2,1-3H3,(H,33,38). The summed E-state index contributed by atoms with van der Waals surface area (Å²) in [5.74, 6) is -1.55. The van der Waals surface area contributed by atoms with Crippen LogP contribution in [0.4, 0.5) is 0 Å². The number of nitrogens with zero attached hydrogens (tertiary/aromatic N) is 2. The zero-order valence-electron chi connectivity index (χ0n) is 24.5. The smallest absolute Gasteiger partial charge is 0.338 e. The molecule has 1 saturated heterocycles. The first-order valence-electron chi connectivity index (χ1n) is 14.0. The Morgan fingerprint density at radius 1 is 1.05 bits per heavy atom. The Morgan fingerprint density at radius 2 is 1.77 bits per heavy atom. The molecule has 1 fully saturated rings. The van der Waals surface area contributed by atoms with Crippen LogP contribution in [0.25, 0.3) is 6.08 Å². The van der Waals surface area contributed by atoms with Gasteiger partial charge in [-0.15, -0.1) is 0 Å². The predicted octanol–water partition coefficient (Wildman–Crippen LogP) is 1.56. The van der Waals surface area contributed by atoms with Crippen LogP contribution in [0.5, 0.6) is 0 Å². The van der Waals surface area contributed by atoms with Crippen molar-refractivity contribution in [1.82, 2.24) is 15.1 Å². The first-order chi connectivity index (χ1) is 20.7. The van der Waals surface area contributed by atoms with Crippen molar-refractivity contribution in [2.75, 3.05) is 41.1 Å². The van der Waals surface area contributed by atoms with Crippen LogP contribution in [0, 0.1) is 0 Å².